The van der Waals surface area contributed by atoms with Gasteiger partial charge in [0.25, 0.3) is 5.91 Å². The molecule has 0 aliphatic rings. The number of amides is 1. The van der Waals surface area contributed by atoms with Crippen LogP contribution in [0.1, 0.15) is 22.8 Å². The van der Waals surface area contributed by atoms with Crippen LogP contribution in [0.3, 0.4) is 0 Å². The van der Waals surface area contributed by atoms with Gasteiger partial charge in [-0.15, -0.1) is 0 Å². The van der Waals surface area contributed by atoms with Crippen LogP contribution in [0.5, 0.6) is 0 Å². The topological polar surface area (TPSA) is 45.2 Å². The van der Waals surface area contributed by atoms with E-state index in [1.54, 1.807) is 12.3 Å². The minimum absolute atomic E-state index is 0.0802. The molecule has 1 aromatic heterocycles. The van der Waals surface area contributed by atoms with E-state index >= 15 is 0 Å². The molecular weight excluding hydrogens is 348 g/mol. The molecule has 138 valence electrons. The van der Waals surface area contributed by atoms with E-state index in [0.29, 0.717) is 12.1 Å². The molecule has 0 atom stereocenters. The largest absolute Gasteiger partial charge is 0.366 e. The van der Waals surface area contributed by atoms with Crippen LogP contribution in [0.15, 0.2) is 67.0 Å². The number of rotatable bonds is 6. The normalized spacial score (nSPS) is 10.5. The predicted octanol–water partition coefficient (Wildman–Crippen LogP) is 4.64. The lowest BCUT2D eigenvalue weighted by Gasteiger charge is -2.23. The van der Waals surface area contributed by atoms with E-state index in [1.807, 2.05) is 37.3 Å². The summed E-state index contributed by atoms with van der Waals surface area (Å²) < 4.78 is 26.8. The van der Waals surface area contributed by atoms with Gasteiger partial charge in [0, 0.05) is 25.4 Å². The van der Waals surface area contributed by atoms with Gasteiger partial charge in [0.2, 0.25) is 0 Å². The molecular formula is C21H19F2N3O. The number of anilines is 2. The number of benzene rings is 2. The number of aromatic nitrogens is 1. The highest BCUT2D eigenvalue weighted by atomic mass is 19.1. The molecule has 1 N–H and O–H groups in total. The summed E-state index contributed by atoms with van der Waals surface area (Å²) in [5, 5.41) is 2.45. The minimum Gasteiger partial charge on any atom is -0.366 e. The molecule has 0 bridgehead atoms. The third kappa shape index (κ3) is 4.67. The van der Waals surface area contributed by atoms with Crippen molar-refractivity contribution in [3.05, 3.63) is 89.8 Å². The Morgan fingerprint density at radius 2 is 1.85 bits per heavy atom. The fourth-order valence-electron chi connectivity index (χ4n) is 2.70. The van der Waals surface area contributed by atoms with Crippen LogP contribution in [0.4, 0.5) is 20.2 Å². The Kier molecular flexibility index (Phi) is 5.76. The summed E-state index contributed by atoms with van der Waals surface area (Å²) in [5.41, 5.74) is 2.14. The van der Waals surface area contributed by atoms with Crippen molar-refractivity contribution < 1.29 is 13.6 Å². The van der Waals surface area contributed by atoms with Gasteiger partial charge >= 0.3 is 0 Å². The summed E-state index contributed by atoms with van der Waals surface area (Å²) in [6, 6.07) is 14.7. The maximum Gasteiger partial charge on any atom is 0.257 e. The van der Waals surface area contributed by atoms with Gasteiger partial charge in [-0.25, -0.2) is 8.78 Å². The summed E-state index contributed by atoms with van der Waals surface area (Å²) in [5.74, 6) is -2.04. The Hall–Kier alpha value is -3.28. The molecule has 0 saturated heterocycles. The van der Waals surface area contributed by atoms with Crippen molar-refractivity contribution in [1.29, 1.82) is 0 Å². The monoisotopic (exact) mass is 367 g/mol. The Morgan fingerprint density at radius 1 is 1.07 bits per heavy atom. The molecule has 1 amide bonds. The number of hydrogen-bond donors (Lipinski definition) is 1. The van der Waals surface area contributed by atoms with E-state index in [1.165, 1.54) is 12.3 Å². The van der Waals surface area contributed by atoms with Gasteiger partial charge in [-0.3, -0.25) is 9.78 Å². The fourth-order valence-corrected chi connectivity index (χ4v) is 2.70. The van der Waals surface area contributed by atoms with Gasteiger partial charge in [0.15, 0.2) is 0 Å². The number of nitrogens with zero attached hydrogens (tertiary/aromatic N) is 2. The summed E-state index contributed by atoms with van der Waals surface area (Å²) in [4.78, 5) is 18.7. The first-order chi connectivity index (χ1) is 13.1. The highest BCUT2D eigenvalue weighted by Crippen LogP contribution is 2.20. The van der Waals surface area contributed by atoms with E-state index < -0.39 is 17.5 Å². The van der Waals surface area contributed by atoms with Gasteiger partial charge in [-0.05, 0) is 30.7 Å². The third-order valence-electron chi connectivity index (χ3n) is 4.13. The van der Waals surface area contributed by atoms with Crippen molar-refractivity contribution in [2.24, 2.45) is 0 Å². The number of nitrogens with one attached hydrogen (secondary N) is 1. The lowest BCUT2D eigenvalue weighted by molar-refractivity contribution is 0.102. The number of hydrogen-bond acceptors (Lipinski definition) is 3. The number of carbonyl (C=O) groups excluding carboxylic acids is 1. The first-order valence-electron chi connectivity index (χ1n) is 8.57. The second-order valence-electron chi connectivity index (χ2n) is 6.01. The summed E-state index contributed by atoms with van der Waals surface area (Å²) in [6.07, 6.45) is 3.10. The van der Waals surface area contributed by atoms with Crippen LogP contribution in [-0.4, -0.2) is 17.4 Å². The Morgan fingerprint density at radius 3 is 2.56 bits per heavy atom. The van der Waals surface area contributed by atoms with Gasteiger partial charge < -0.3 is 10.2 Å². The van der Waals surface area contributed by atoms with Crippen LogP contribution in [0, 0.1) is 11.6 Å². The Bertz CT molecular complexity index is 932. The average Bonchev–Trinajstić information content (AvgIpc) is 2.69. The molecule has 27 heavy (non-hydrogen) atoms. The highest BCUT2D eigenvalue weighted by Gasteiger charge is 2.13. The SMILES string of the molecule is CCN(Cc1ccccc1)c1cncc(C(=O)Nc2ccc(F)cc2F)c1. The molecule has 2 aromatic carbocycles. The Balaban J connectivity index is 1.78. The molecule has 0 spiro atoms. The standard InChI is InChI=1S/C21H19F2N3O/c1-2-26(14-15-6-4-3-5-7-15)18-10-16(12-24-13-18)21(27)25-20-9-8-17(22)11-19(20)23/h3-13H,2,14H2,1H3,(H,25,27). The van der Waals surface area contributed by atoms with Gasteiger partial charge in [0.05, 0.1) is 23.1 Å². The van der Waals surface area contributed by atoms with Crippen molar-refractivity contribution in [3.8, 4) is 0 Å². The molecule has 4 nitrogen and oxygen atoms in total. The highest BCUT2D eigenvalue weighted by molar-refractivity contribution is 6.04. The smallest absolute Gasteiger partial charge is 0.257 e. The number of halogens is 2. The Labute approximate surface area is 156 Å². The van der Waals surface area contributed by atoms with Crippen LogP contribution in [-0.2, 0) is 6.54 Å². The number of carbonyl (C=O) groups is 1. The zero-order valence-electron chi connectivity index (χ0n) is 14.8. The number of pyridine rings is 1. The van der Waals surface area contributed by atoms with Gasteiger partial charge in [-0.2, -0.15) is 0 Å². The van der Waals surface area contributed by atoms with Crippen LogP contribution in [0.2, 0.25) is 0 Å². The maximum absolute atomic E-state index is 13.8. The van der Waals surface area contributed by atoms with Crippen molar-refractivity contribution in [2.45, 2.75) is 13.5 Å². The van der Waals surface area contributed by atoms with Crippen molar-refractivity contribution >= 4 is 17.3 Å². The second kappa shape index (κ2) is 8.40. The van der Waals surface area contributed by atoms with Crippen molar-refractivity contribution in [3.63, 3.8) is 0 Å². The first-order valence-corrected chi connectivity index (χ1v) is 8.57. The van der Waals surface area contributed by atoms with E-state index in [-0.39, 0.29) is 5.69 Å². The summed E-state index contributed by atoms with van der Waals surface area (Å²) in [6.45, 7) is 3.43. The molecule has 1 heterocycles. The molecule has 0 aliphatic heterocycles. The van der Waals surface area contributed by atoms with E-state index in [9.17, 15) is 13.6 Å². The summed E-state index contributed by atoms with van der Waals surface area (Å²) >= 11 is 0. The lowest BCUT2D eigenvalue weighted by Crippen LogP contribution is -2.23. The molecule has 0 radical (unpaired) electrons. The fraction of sp³-hybridized carbons (Fsp3) is 0.143. The summed E-state index contributed by atoms with van der Waals surface area (Å²) in [7, 11) is 0. The van der Waals surface area contributed by atoms with E-state index in [2.05, 4.69) is 15.2 Å². The van der Waals surface area contributed by atoms with Crippen LogP contribution < -0.4 is 10.2 Å². The third-order valence-corrected chi connectivity index (χ3v) is 4.13. The molecule has 0 unspecified atom stereocenters. The quantitative estimate of drug-likeness (QED) is 0.690. The molecule has 0 saturated carbocycles. The van der Waals surface area contributed by atoms with Crippen molar-refractivity contribution in [2.75, 3.05) is 16.8 Å². The zero-order valence-corrected chi connectivity index (χ0v) is 14.8. The maximum atomic E-state index is 13.8. The lowest BCUT2D eigenvalue weighted by atomic mass is 10.2. The average molecular weight is 367 g/mol. The second-order valence-corrected chi connectivity index (χ2v) is 6.01. The molecule has 3 rings (SSSR count). The van der Waals surface area contributed by atoms with Gasteiger partial charge in [0.1, 0.15) is 11.6 Å². The first kappa shape index (κ1) is 18.5. The molecule has 3 aromatic rings. The zero-order chi connectivity index (χ0) is 19.2. The van der Waals surface area contributed by atoms with Crippen LogP contribution >= 0.6 is 0 Å². The van der Waals surface area contributed by atoms with Gasteiger partial charge in [-0.1, -0.05) is 30.3 Å². The van der Waals surface area contributed by atoms with E-state index in [0.717, 1.165) is 29.9 Å². The van der Waals surface area contributed by atoms with E-state index in [4.69, 9.17) is 0 Å². The van der Waals surface area contributed by atoms with Crippen LogP contribution in [0.25, 0.3) is 0 Å². The van der Waals surface area contributed by atoms with Crippen molar-refractivity contribution in [1.82, 2.24) is 4.98 Å². The molecule has 0 fully saturated rings. The predicted molar refractivity (Wildman–Crippen MR) is 102 cm³/mol. The minimum atomic E-state index is -0.827. The molecule has 6 heteroatoms. The molecule has 0 aliphatic carbocycles.